The van der Waals surface area contributed by atoms with Gasteiger partial charge in [-0.3, -0.25) is 4.57 Å². The van der Waals surface area contributed by atoms with E-state index in [4.69, 9.17) is 9.72 Å². The van der Waals surface area contributed by atoms with Gasteiger partial charge in [0.15, 0.2) is 5.82 Å². The molecule has 1 heterocycles. The SMILES string of the molecule is C=C(C)C(=O)OCc1nc(-c2ccccc2)c(C)n1-c1ccccc1. The lowest BCUT2D eigenvalue weighted by molar-refractivity contribution is -0.140. The van der Waals surface area contributed by atoms with Crippen molar-refractivity contribution in [1.29, 1.82) is 0 Å². The van der Waals surface area contributed by atoms with E-state index in [2.05, 4.69) is 6.58 Å². The fraction of sp³-hybridized carbons (Fsp3) is 0.143. The Bertz CT molecular complexity index is 896. The molecule has 0 radical (unpaired) electrons. The molecule has 3 rings (SSSR count). The van der Waals surface area contributed by atoms with Crippen molar-refractivity contribution >= 4 is 5.97 Å². The Hall–Kier alpha value is -3.14. The highest BCUT2D eigenvalue weighted by atomic mass is 16.5. The van der Waals surface area contributed by atoms with Gasteiger partial charge in [-0.15, -0.1) is 0 Å². The highest BCUT2D eigenvalue weighted by molar-refractivity contribution is 5.86. The predicted octanol–water partition coefficient (Wildman–Crippen LogP) is 4.47. The molecule has 0 aliphatic heterocycles. The van der Waals surface area contributed by atoms with Gasteiger partial charge in [0.05, 0.1) is 5.69 Å². The van der Waals surface area contributed by atoms with Gasteiger partial charge in [0.1, 0.15) is 6.61 Å². The van der Waals surface area contributed by atoms with Crippen molar-refractivity contribution < 1.29 is 9.53 Å². The number of imidazole rings is 1. The second kappa shape index (κ2) is 7.18. The van der Waals surface area contributed by atoms with Crippen LogP contribution in [0.25, 0.3) is 16.9 Å². The normalized spacial score (nSPS) is 10.5. The zero-order valence-corrected chi connectivity index (χ0v) is 14.4. The topological polar surface area (TPSA) is 44.1 Å². The van der Waals surface area contributed by atoms with Gasteiger partial charge in [-0.25, -0.2) is 9.78 Å². The maximum atomic E-state index is 11.8. The van der Waals surface area contributed by atoms with Crippen LogP contribution in [0.4, 0.5) is 0 Å². The molecule has 0 saturated carbocycles. The first-order valence-corrected chi connectivity index (χ1v) is 8.09. The van der Waals surface area contributed by atoms with Crippen LogP contribution in [0.5, 0.6) is 0 Å². The van der Waals surface area contributed by atoms with E-state index in [-0.39, 0.29) is 6.61 Å². The minimum Gasteiger partial charge on any atom is -0.454 e. The molecule has 126 valence electrons. The molecule has 1 aromatic heterocycles. The second-order valence-corrected chi connectivity index (χ2v) is 5.86. The Labute approximate surface area is 147 Å². The third kappa shape index (κ3) is 3.53. The Morgan fingerprint density at radius 1 is 1.08 bits per heavy atom. The van der Waals surface area contributed by atoms with Crippen LogP contribution < -0.4 is 0 Å². The standard InChI is InChI=1S/C21H20N2O2/c1-15(2)21(24)25-14-19-22-20(17-10-6-4-7-11-17)16(3)23(19)18-12-8-5-9-13-18/h4-13H,1,14H2,2-3H3. The Balaban J connectivity index is 2.06. The Morgan fingerprint density at radius 3 is 2.28 bits per heavy atom. The van der Waals surface area contributed by atoms with E-state index in [0.717, 1.165) is 22.6 Å². The average Bonchev–Trinajstić information content (AvgIpc) is 2.97. The molecule has 0 amide bonds. The lowest BCUT2D eigenvalue weighted by atomic mass is 10.1. The lowest BCUT2D eigenvalue weighted by Gasteiger charge is -2.10. The van der Waals surface area contributed by atoms with Crippen LogP contribution in [0.3, 0.4) is 0 Å². The van der Waals surface area contributed by atoms with Crippen LogP contribution >= 0.6 is 0 Å². The molecular weight excluding hydrogens is 312 g/mol. The Kier molecular flexibility index (Phi) is 4.80. The van der Waals surface area contributed by atoms with Crippen LogP contribution in [0, 0.1) is 6.92 Å². The van der Waals surface area contributed by atoms with Crippen molar-refractivity contribution in [1.82, 2.24) is 9.55 Å². The molecule has 0 saturated heterocycles. The van der Waals surface area contributed by atoms with Crippen molar-refractivity contribution in [3.63, 3.8) is 0 Å². The quantitative estimate of drug-likeness (QED) is 0.511. The van der Waals surface area contributed by atoms with Gasteiger partial charge in [0.25, 0.3) is 0 Å². The summed E-state index contributed by atoms with van der Waals surface area (Å²) in [5.74, 6) is 0.263. The molecule has 25 heavy (non-hydrogen) atoms. The van der Waals surface area contributed by atoms with Crippen molar-refractivity contribution in [3.8, 4) is 16.9 Å². The molecule has 3 aromatic rings. The van der Waals surface area contributed by atoms with E-state index in [9.17, 15) is 4.79 Å². The van der Waals surface area contributed by atoms with Crippen LogP contribution in [0.2, 0.25) is 0 Å². The summed E-state index contributed by atoms with van der Waals surface area (Å²) in [7, 11) is 0. The van der Waals surface area contributed by atoms with E-state index in [1.807, 2.05) is 72.2 Å². The van der Waals surface area contributed by atoms with Gasteiger partial charge in [-0.05, 0) is 26.0 Å². The fourth-order valence-electron chi connectivity index (χ4n) is 2.70. The number of para-hydroxylation sites is 1. The van der Waals surface area contributed by atoms with Crippen molar-refractivity contribution in [2.75, 3.05) is 0 Å². The lowest BCUT2D eigenvalue weighted by Crippen LogP contribution is -2.09. The number of hydrogen-bond acceptors (Lipinski definition) is 3. The summed E-state index contributed by atoms with van der Waals surface area (Å²) < 4.78 is 7.36. The molecule has 0 unspecified atom stereocenters. The molecule has 0 bridgehead atoms. The number of carbonyl (C=O) groups excluding carboxylic acids is 1. The van der Waals surface area contributed by atoms with Crippen LogP contribution in [-0.4, -0.2) is 15.5 Å². The van der Waals surface area contributed by atoms with Crippen LogP contribution in [0.15, 0.2) is 72.8 Å². The molecule has 0 aliphatic rings. The van der Waals surface area contributed by atoms with Gasteiger partial charge in [0.2, 0.25) is 0 Å². The summed E-state index contributed by atoms with van der Waals surface area (Å²) in [6.07, 6.45) is 0. The van der Waals surface area contributed by atoms with Crippen LogP contribution in [-0.2, 0) is 16.1 Å². The molecule has 0 N–H and O–H groups in total. The number of nitrogens with zero attached hydrogens (tertiary/aromatic N) is 2. The largest absolute Gasteiger partial charge is 0.454 e. The minimum absolute atomic E-state index is 0.0915. The van der Waals surface area contributed by atoms with Crippen molar-refractivity contribution in [2.24, 2.45) is 0 Å². The molecule has 0 atom stereocenters. The first-order valence-electron chi connectivity index (χ1n) is 8.09. The van der Waals surface area contributed by atoms with Crippen LogP contribution in [0.1, 0.15) is 18.4 Å². The van der Waals surface area contributed by atoms with Crippen molar-refractivity contribution in [2.45, 2.75) is 20.5 Å². The fourth-order valence-corrected chi connectivity index (χ4v) is 2.70. The van der Waals surface area contributed by atoms with Gasteiger partial charge in [-0.2, -0.15) is 0 Å². The number of ether oxygens (including phenoxy) is 1. The van der Waals surface area contributed by atoms with E-state index in [1.54, 1.807) is 6.92 Å². The van der Waals surface area contributed by atoms with Gasteiger partial charge >= 0.3 is 5.97 Å². The van der Waals surface area contributed by atoms with E-state index in [0.29, 0.717) is 11.4 Å². The predicted molar refractivity (Wildman–Crippen MR) is 98.3 cm³/mol. The zero-order chi connectivity index (χ0) is 17.8. The highest BCUT2D eigenvalue weighted by Gasteiger charge is 2.18. The first-order chi connectivity index (χ1) is 12.1. The number of esters is 1. The third-order valence-corrected chi connectivity index (χ3v) is 3.92. The third-order valence-electron chi connectivity index (χ3n) is 3.92. The molecule has 0 fully saturated rings. The van der Waals surface area contributed by atoms with Crippen molar-refractivity contribution in [3.05, 3.63) is 84.3 Å². The minimum atomic E-state index is -0.415. The number of carbonyl (C=O) groups is 1. The molecule has 4 nitrogen and oxygen atoms in total. The number of hydrogen-bond donors (Lipinski definition) is 0. The monoisotopic (exact) mass is 332 g/mol. The summed E-state index contributed by atoms with van der Waals surface area (Å²) >= 11 is 0. The van der Waals surface area contributed by atoms with E-state index >= 15 is 0 Å². The molecule has 4 heteroatoms. The average molecular weight is 332 g/mol. The summed E-state index contributed by atoms with van der Waals surface area (Å²) in [4.78, 5) is 16.5. The molecule has 2 aromatic carbocycles. The number of rotatable bonds is 5. The summed E-state index contributed by atoms with van der Waals surface area (Å²) in [5, 5.41) is 0. The van der Waals surface area contributed by atoms with Gasteiger partial charge in [-0.1, -0.05) is 55.1 Å². The van der Waals surface area contributed by atoms with E-state index in [1.165, 1.54) is 0 Å². The van der Waals surface area contributed by atoms with Gasteiger partial charge in [0, 0.05) is 22.5 Å². The summed E-state index contributed by atoms with van der Waals surface area (Å²) in [6.45, 7) is 7.36. The highest BCUT2D eigenvalue weighted by Crippen LogP contribution is 2.27. The van der Waals surface area contributed by atoms with Gasteiger partial charge < -0.3 is 4.74 Å². The summed E-state index contributed by atoms with van der Waals surface area (Å²) in [6, 6.07) is 19.9. The second-order valence-electron chi connectivity index (χ2n) is 5.86. The molecule has 0 spiro atoms. The zero-order valence-electron chi connectivity index (χ0n) is 14.4. The molecular formula is C21H20N2O2. The van der Waals surface area contributed by atoms with E-state index < -0.39 is 5.97 Å². The summed E-state index contributed by atoms with van der Waals surface area (Å²) in [5.41, 5.74) is 4.26. The smallest absolute Gasteiger partial charge is 0.333 e. The number of aromatic nitrogens is 2. The maximum Gasteiger partial charge on any atom is 0.333 e. The molecule has 0 aliphatic carbocycles. The first kappa shape index (κ1) is 16.7. The Morgan fingerprint density at radius 2 is 1.68 bits per heavy atom. The maximum absolute atomic E-state index is 11.8. The number of benzene rings is 2.